The summed E-state index contributed by atoms with van der Waals surface area (Å²) >= 11 is 0. The minimum absolute atomic E-state index is 0.0351. The van der Waals surface area contributed by atoms with Gasteiger partial charge >= 0.3 is 12.2 Å². The first-order valence-electron chi connectivity index (χ1n) is 25.1. The summed E-state index contributed by atoms with van der Waals surface area (Å²) in [5, 5.41) is 8.01. The number of rotatable bonds is 10. The van der Waals surface area contributed by atoms with E-state index in [0.717, 1.165) is 79.6 Å². The number of aromatic nitrogens is 4. The van der Waals surface area contributed by atoms with E-state index in [1.165, 1.54) is 14.2 Å². The minimum Gasteiger partial charge on any atom is -0.453 e. The van der Waals surface area contributed by atoms with E-state index in [1.54, 1.807) is 0 Å². The summed E-state index contributed by atoms with van der Waals surface area (Å²) in [5.74, 6) is 2.90. The molecule has 6 heterocycles. The molecule has 0 spiro atoms. The van der Waals surface area contributed by atoms with Crippen molar-refractivity contribution in [2.45, 2.75) is 88.6 Å². The number of nitrogens with one attached hydrogen (secondary N) is 4. The zero-order chi connectivity index (χ0) is 47.9. The van der Waals surface area contributed by atoms with Gasteiger partial charge in [0.1, 0.15) is 23.7 Å². The third-order valence-electron chi connectivity index (χ3n) is 16.9. The Kier molecular flexibility index (Phi) is 11.3. The number of alkyl carbamates (subject to hydrolysis) is 2. The zero-order valence-electron chi connectivity index (χ0n) is 40.0. The predicted molar refractivity (Wildman–Crippen MR) is 261 cm³/mol. The highest BCUT2D eigenvalue weighted by Crippen LogP contribution is 2.59. The molecule has 4 aliphatic heterocycles. The van der Waals surface area contributed by atoms with Crippen molar-refractivity contribution in [3.8, 4) is 22.3 Å². The van der Waals surface area contributed by atoms with E-state index in [0.29, 0.717) is 75.8 Å². The third kappa shape index (κ3) is 7.83. The molecule has 0 bridgehead atoms. The summed E-state index contributed by atoms with van der Waals surface area (Å²) in [5.41, 5.74) is 7.77. The van der Waals surface area contributed by atoms with Gasteiger partial charge in [-0.2, -0.15) is 0 Å². The molecule has 12 rings (SSSR count). The predicted octanol–water partition coefficient (Wildman–Crippen LogP) is 8.04. The molecule has 2 aromatic heterocycles. The Morgan fingerprint density at radius 1 is 0.586 bits per heavy atom. The van der Waals surface area contributed by atoms with E-state index in [1.807, 2.05) is 21.9 Å². The molecule has 4 amide bonds. The standard InChI is InChI=1S/C54H60N8O8/c1-27-37-25-43(61(47(27)37)51(63)45(59-53(65)67-3)29-13-17-69-18-14-29)49-55-39-11-9-35(23-41(39)57-49)33-7-5-32-22-34(8-6-31(32)21-33)36-10-12-40-42(24-36)58-50(56-40)44-26-38-28(2)48(38)62(44)52(64)46(60-54(66)68-4)30-15-19-70-20-16-30/h5-12,21-24,27-30,37-38,43-48H,13-20,25-26H2,1-4H3,(H,55,57)(H,56,58)(H,59,65)(H,60,66)/t27-,28?,37?,38?,43+,44+,45+,46+,47?,48?/m1/s1. The van der Waals surface area contributed by atoms with Crippen LogP contribution in [0.3, 0.4) is 0 Å². The molecule has 4 aromatic carbocycles. The fraction of sp³-hybridized carbons (Fsp3) is 0.481. The minimum atomic E-state index is -0.692. The van der Waals surface area contributed by atoms with Crippen LogP contribution in [0.5, 0.6) is 0 Å². The molecule has 364 valence electrons. The van der Waals surface area contributed by atoms with Crippen LogP contribution in [0, 0.1) is 35.5 Å². The largest absolute Gasteiger partial charge is 0.453 e. The van der Waals surface area contributed by atoms with Crippen molar-refractivity contribution >= 4 is 56.8 Å². The molecule has 4 N–H and O–H groups in total. The molecule has 10 atom stereocenters. The van der Waals surface area contributed by atoms with E-state index in [-0.39, 0.29) is 47.8 Å². The van der Waals surface area contributed by atoms with Gasteiger partial charge in [0.05, 0.1) is 48.4 Å². The van der Waals surface area contributed by atoms with Crippen LogP contribution in [0.25, 0.3) is 55.1 Å². The van der Waals surface area contributed by atoms with E-state index in [4.69, 9.17) is 28.9 Å². The monoisotopic (exact) mass is 948 g/mol. The molecular weight excluding hydrogens is 889 g/mol. The molecule has 0 radical (unpaired) electrons. The van der Waals surface area contributed by atoms with Gasteiger partial charge in [-0.25, -0.2) is 19.6 Å². The second-order valence-electron chi connectivity index (χ2n) is 20.6. The molecule has 6 fully saturated rings. The maximum atomic E-state index is 14.5. The number of imidazole rings is 2. The number of methoxy groups -OCH3 is 2. The number of likely N-dealkylation sites (tertiary alicyclic amines) is 2. The maximum absolute atomic E-state index is 14.5. The maximum Gasteiger partial charge on any atom is 0.407 e. The number of fused-ring (bicyclic) bond motifs is 5. The molecule has 70 heavy (non-hydrogen) atoms. The van der Waals surface area contributed by atoms with Crippen molar-refractivity contribution < 1.29 is 38.1 Å². The van der Waals surface area contributed by atoms with Crippen LogP contribution in [0.2, 0.25) is 0 Å². The lowest BCUT2D eigenvalue weighted by Crippen LogP contribution is -2.54. The molecule has 16 nitrogen and oxygen atoms in total. The Morgan fingerprint density at radius 2 is 0.971 bits per heavy atom. The molecule has 2 aliphatic carbocycles. The summed E-state index contributed by atoms with van der Waals surface area (Å²) in [6, 6.07) is 24.0. The summed E-state index contributed by atoms with van der Waals surface area (Å²) in [4.78, 5) is 75.3. The van der Waals surface area contributed by atoms with Gasteiger partial charge in [-0.15, -0.1) is 0 Å². The smallest absolute Gasteiger partial charge is 0.407 e. The number of carbonyl (C=O) groups is 4. The number of benzene rings is 4. The van der Waals surface area contributed by atoms with Crippen LogP contribution in [0.4, 0.5) is 9.59 Å². The van der Waals surface area contributed by atoms with Crippen LogP contribution < -0.4 is 10.6 Å². The number of aromatic amines is 2. The van der Waals surface area contributed by atoms with Crippen molar-refractivity contribution in [3.05, 3.63) is 84.4 Å². The molecule has 5 unspecified atom stereocenters. The Labute approximate surface area is 405 Å². The van der Waals surface area contributed by atoms with Crippen LogP contribution in [0.1, 0.15) is 76.1 Å². The van der Waals surface area contributed by atoms with Crippen LogP contribution in [0.15, 0.2) is 72.8 Å². The summed E-state index contributed by atoms with van der Waals surface area (Å²) in [6.07, 6.45) is 3.23. The van der Waals surface area contributed by atoms with Gasteiger partial charge < -0.3 is 49.3 Å². The number of carbonyl (C=O) groups excluding carboxylic acids is 4. The summed E-state index contributed by atoms with van der Waals surface area (Å²) in [7, 11) is 2.65. The number of hydrogen-bond acceptors (Lipinski definition) is 10. The lowest BCUT2D eigenvalue weighted by Gasteiger charge is -2.35. The SMILES string of the molecule is COC(=O)N[C@H](C(=O)N1C2C(C)C2C[C@H]1c1nc2ccc(-c3ccc4cc(-c5ccc6nc([C@@H]7CC8C([C@@H]8C)N7C(=O)[C@@H](NC(=O)OC)C7CCOCC7)[nH]c6c5)ccc4c3)cc2[nH]1)C1CCOCC1. The third-order valence-corrected chi connectivity index (χ3v) is 16.9. The van der Waals surface area contributed by atoms with E-state index in [2.05, 4.69) is 95.1 Å². The first kappa shape index (κ1) is 44.7. The molecule has 4 saturated heterocycles. The summed E-state index contributed by atoms with van der Waals surface area (Å²) in [6.45, 7) is 6.64. The van der Waals surface area contributed by atoms with Gasteiger partial charge in [0.2, 0.25) is 11.8 Å². The molecule has 16 heteroatoms. The average Bonchev–Trinajstić information content (AvgIpc) is 3.81. The van der Waals surface area contributed by atoms with Gasteiger partial charge in [-0.3, -0.25) is 9.59 Å². The molecular formula is C54H60N8O8. The van der Waals surface area contributed by atoms with Crippen LogP contribution in [-0.4, -0.2) is 119 Å². The first-order valence-corrected chi connectivity index (χ1v) is 25.1. The van der Waals surface area contributed by atoms with Gasteiger partial charge in [-0.1, -0.05) is 50.2 Å². The number of amides is 4. The normalized spacial score (nSPS) is 27.3. The lowest BCUT2D eigenvalue weighted by atomic mass is 9.90. The van der Waals surface area contributed by atoms with E-state index in [9.17, 15) is 19.2 Å². The van der Waals surface area contributed by atoms with Crippen molar-refractivity contribution in [1.82, 2.24) is 40.4 Å². The Morgan fingerprint density at radius 3 is 1.37 bits per heavy atom. The molecule has 6 aromatic rings. The van der Waals surface area contributed by atoms with Crippen molar-refractivity contribution in [3.63, 3.8) is 0 Å². The summed E-state index contributed by atoms with van der Waals surface area (Å²) < 4.78 is 21.1. The van der Waals surface area contributed by atoms with E-state index < -0.39 is 24.3 Å². The van der Waals surface area contributed by atoms with Gasteiger partial charge in [0.25, 0.3) is 0 Å². The van der Waals surface area contributed by atoms with Gasteiger partial charge in [0.15, 0.2) is 0 Å². The van der Waals surface area contributed by atoms with Gasteiger partial charge in [-0.05, 0) is 143 Å². The quantitative estimate of drug-likeness (QED) is 0.104. The number of piperidine rings is 2. The zero-order valence-corrected chi connectivity index (χ0v) is 40.0. The fourth-order valence-corrected chi connectivity index (χ4v) is 12.8. The van der Waals surface area contributed by atoms with Gasteiger partial charge in [0, 0.05) is 38.5 Å². The van der Waals surface area contributed by atoms with Crippen molar-refractivity contribution in [2.75, 3.05) is 40.6 Å². The van der Waals surface area contributed by atoms with Crippen molar-refractivity contribution in [2.24, 2.45) is 35.5 Å². The molecule has 2 saturated carbocycles. The van der Waals surface area contributed by atoms with Crippen molar-refractivity contribution in [1.29, 1.82) is 0 Å². The van der Waals surface area contributed by atoms with Crippen LogP contribution >= 0.6 is 0 Å². The number of hydrogen-bond donors (Lipinski definition) is 4. The first-order chi connectivity index (χ1) is 34.1. The number of H-pyrrole nitrogens is 2. The highest BCUT2D eigenvalue weighted by atomic mass is 16.5. The lowest BCUT2D eigenvalue weighted by molar-refractivity contribution is -0.139. The second-order valence-corrected chi connectivity index (χ2v) is 20.6. The Hall–Kier alpha value is -6.52. The number of nitrogens with zero attached hydrogens (tertiary/aromatic N) is 4. The Bertz CT molecular complexity index is 2830. The molecule has 6 aliphatic rings. The van der Waals surface area contributed by atoms with Crippen LogP contribution in [-0.2, 0) is 28.5 Å². The second kappa shape index (κ2) is 17.7. The number of ether oxygens (including phenoxy) is 4. The highest BCUT2D eigenvalue weighted by Gasteiger charge is 2.63. The van der Waals surface area contributed by atoms with E-state index >= 15 is 0 Å². The fourth-order valence-electron chi connectivity index (χ4n) is 12.8. The topological polar surface area (TPSA) is 193 Å². The Balaban J connectivity index is 0.771. The highest BCUT2D eigenvalue weighted by molar-refractivity contribution is 5.94. The average molecular weight is 949 g/mol.